The molecule has 0 atom stereocenters. The van der Waals surface area contributed by atoms with Gasteiger partial charge in [-0.15, -0.1) is 34.0 Å². The molecule has 0 unspecified atom stereocenters. The van der Waals surface area contributed by atoms with Crippen molar-refractivity contribution in [3.8, 4) is 19.5 Å². The van der Waals surface area contributed by atoms with Gasteiger partial charge in [0.2, 0.25) is 0 Å². The van der Waals surface area contributed by atoms with Crippen LogP contribution in [0.3, 0.4) is 0 Å². The maximum absolute atomic E-state index is 14.0. The van der Waals surface area contributed by atoms with Gasteiger partial charge in [-0.3, -0.25) is 4.79 Å². The fraction of sp³-hybridized carbons (Fsp3) is 0.618. The van der Waals surface area contributed by atoms with E-state index in [1.807, 2.05) is 34.0 Å². The van der Waals surface area contributed by atoms with Crippen molar-refractivity contribution in [1.29, 1.82) is 0 Å². The number of hydrogen-bond acceptors (Lipinski definition) is 4. The fourth-order valence-electron chi connectivity index (χ4n) is 5.80. The molecular formula is C34H45Br4NOS3. The Hall–Kier alpha value is 0.490. The molecule has 43 heavy (non-hydrogen) atoms. The number of thiophene rings is 3. The normalized spacial score (nSPS) is 13.0. The molecule has 0 spiro atoms. The van der Waals surface area contributed by atoms with Crippen LogP contribution in [0.1, 0.15) is 124 Å². The summed E-state index contributed by atoms with van der Waals surface area (Å²) in [6, 6.07) is 4.76. The number of carbonyl (C=O) groups is 1. The Morgan fingerprint density at radius 1 is 0.674 bits per heavy atom. The van der Waals surface area contributed by atoms with Crippen LogP contribution in [0.5, 0.6) is 0 Å². The molecule has 0 radical (unpaired) electrons. The molecule has 4 rings (SSSR count). The second-order valence-corrected chi connectivity index (χ2v) is 19.0. The van der Waals surface area contributed by atoms with Crippen molar-refractivity contribution in [2.75, 3.05) is 17.2 Å². The zero-order chi connectivity index (χ0) is 30.6. The predicted molar refractivity (Wildman–Crippen MR) is 206 cm³/mol. The monoisotopic (exact) mass is 895 g/mol. The Morgan fingerprint density at radius 2 is 1.19 bits per heavy atom. The van der Waals surface area contributed by atoms with Gasteiger partial charge in [0.25, 0.3) is 5.91 Å². The van der Waals surface area contributed by atoms with Crippen molar-refractivity contribution < 1.29 is 4.79 Å². The van der Waals surface area contributed by atoms with Crippen LogP contribution < -0.4 is 0 Å². The van der Waals surface area contributed by atoms with Crippen LogP contribution in [0.4, 0.5) is 0 Å². The lowest BCUT2D eigenvalue weighted by atomic mass is 10.1. The third-order valence-corrected chi connectivity index (χ3v) is 14.9. The Balaban J connectivity index is 1.56. The average Bonchev–Trinajstić information content (AvgIpc) is 3.74. The first-order valence-corrected chi connectivity index (χ1v) is 22.4. The van der Waals surface area contributed by atoms with Crippen molar-refractivity contribution in [1.82, 2.24) is 4.90 Å². The summed E-state index contributed by atoms with van der Waals surface area (Å²) in [5, 5.41) is 2.19. The van der Waals surface area contributed by atoms with Gasteiger partial charge in [0.05, 0.1) is 22.9 Å². The van der Waals surface area contributed by atoms with E-state index in [2.05, 4.69) is 87.7 Å². The molecule has 0 N–H and O–H groups in total. The highest BCUT2D eigenvalue weighted by Crippen LogP contribution is 2.51. The average molecular weight is 900 g/mol. The number of rotatable bonds is 21. The summed E-state index contributed by atoms with van der Waals surface area (Å²) in [6.45, 7) is 3.88. The number of alkyl halides is 2. The number of aryl methyl sites for hydroxylation is 2. The van der Waals surface area contributed by atoms with E-state index in [1.54, 1.807) is 0 Å². The third-order valence-electron chi connectivity index (χ3n) is 8.26. The number of carbonyl (C=O) groups excluding carboxylic acids is 1. The lowest BCUT2D eigenvalue weighted by molar-refractivity contribution is 0.0776. The molecule has 238 valence electrons. The lowest BCUT2D eigenvalue weighted by Crippen LogP contribution is -2.25. The Labute approximate surface area is 305 Å². The highest BCUT2D eigenvalue weighted by Gasteiger charge is 2.36. The second kappa shape index (κ2) is 19.3. The molecule has 0 bridgehead atoms. The summed E-state index contributed by atoms with van der Waals surface area (Å²) in [7, 11) is 0. The van der Waals surface area contributed by atoms with E-state index in [9.17, 15) is 4.79 Å². The molecule has 3 aromatic rings. The topological polar surface area (TPSA) is 20.3 Å². The molecule has 1 aliphatic heterocycles. The van der Waals surface area contributed by atoms with Crippen LogP contribution in [0.2, 0.25) is 0 Å². The van der Waals surface area contributed by atoms with Gasteiger partial charge >= 0.3 is 0 Å². The van der Waals surface area contributed by atoms with Gasteiger partial charge in [0, 0.05) is 39.1 Å². The number of fused-ring (bicyclic) bond motifs is 1. The van der Waals surface area contributed by atoms with E-state index in [0.717, 1.165) is 48.6 Å². The fourth-order valence-corrected chi connectivity index (χ4v) is 11.7. The van der Waals surface area contributed by atoms with Crippen LogP contribution in [-0.4, -0.2) is 28.0 Å². The molecule has 2 nitrogen and oxygen atoms in total. The molecule has 4 heterocycles. The van der Waals surface area contributed by atoms with Crippen LogP contribution >= 0.6 is 97.7 Å². The molecule has 0 aromatic carbocycles. The number of nitrogens with zero attached hydrogens (tertiary/aromatic N) is 1. The highest BCUT2D eigenvalue weighted by molar-refractivity contribution is 9.11. The zero-order valence-electron chi connectivity index (χ0n) is 25.4. The number of amides is 1. The summed E-state index contributed by atoms with van der Waals surface area (Å²) in [6.07, 6.45) is 19.7. The first-order chi connectivity index (χ1) is 21.0. The molecule has 0 saturated carbocycles. The minimum atomic E-state index is 0.240. The van der Waals surface area contributed by atoms with E-state index in [1.165, 1.54) is 127 Å². The van der Waals surface area contributed by atoms with Crippen molar-refractivity contribution in [2.24, 2.45) is 0 Å². The summed E-state index contributed by atoms with van der Waals surface area (Å²) in [4.78, 5) is 21.1. The molecule has 9 heteroatoms. The first kappa shape index (κ1) is 36.3. The van der Waals surface area contributed by atoms with Crippen LogP contribution in [-0.2, 0) is 19.4 Å². The Morgan fingerprint density at radius 3 is 1.77 bits per heavy atom. The van der Waals surface area contributed by atoms with Crippen molar-refractivity contribution in [2.45, 2.75) is 116 Å². The number of unbranched alkanes of at least 4 members (excludes halogenated alkanes) is 11. The van der Waals surface area contributed by atoms with E-state index >= 15 is 0 Å². The Kier molecular flexibility index (Phi) is 16.3. The molecule has 3 aromatic heterocycles. The minimum Gasteiger partial charge on any atom is -0.334 e. The molecule has 0 saturated heterocycles. The van der Waals surface area contributed by atoms with E-state index < -0.39 is 0 Å². The van der Waals surface area contributed by atoms with Crippen LogP contribution in [0.15, 0.2) is 19.7 Å². The largest absolute Gasteiger partial charge is 0.334 e. The van der Waals surface area contributed by atoms with Crippen molar-refractivity contribution in [3.63, 3.8) is 0 Å². The minimum absolute atomic E-state index is 0.240. The van der Waals surface area contributed by atoms with Gasteiger partial charge in [0.15, 0.2) is 0 Å². The molecule has 1 aliphatic rings. The van der Waals surface area contributed by atoms with Gasteiger partial charge in [0.1, 0.15) is 0 Å². The van der Waals surface area contributed by atoms with Gasteiger partial charge < -0.3 is 4.90 Å². The molecule has 1 amide bonds. The van der Waals surface area contributed by atoms with Crippen LogP contribution in [0.25, 0.3) is 19.5 Å². The smallest absolute Gasteiger partial charge is 0.256 e. The van der Waals surface area contributed by atoms with E-state index in [0.29, 0.717) is 0 Å². The summed E-state index contributed by atoms with van der Waals surface area (Å²) in [5.41, 5.74) is 5.04. The van der Waals surface area contributed by atoms with Crippen molar-refractivity contribution >= 4 is 104 Å². The zero-order valence-corrected chi connectivity index (χ0v) is 34.2. The van der Waals surface area contributed by atoms with Crippen molar-refractivity contribution in [3.05, 3.63) is 42.0 Å². The quantitative estimate of drug-likeness (QED) is 0.0771. The maximum Gasteiger partial charge on any atom is 0.256 e. The number of halogens is 4. The summed E-state index contributed by atoms with van der Waals surface area (Å²) < 4.78 is 2.48. The van der Waals surface area contributed by atoms with E-state index in [4.69, 9.17) is 0 Å². The predicted octanol–water partition coefficient (Wildman–Crippen LogP) is 14.0. The Bertz CT molecular complexity index is 1300. The standard InChI is InChI=1S/C34H45Br4NOS3/c1-2-3-4-5-10-15-20-39-23-26-29(34(39)40)31(28-22-25(33(38)42-28)17-12-7-9-14-19-36)43-30(26)27-21-24(32(37)41-27)16-11-6-8-13-18-35/h21-22H,2-20,23H2,1H3. The molecular weight excluding hydrogens is 854 g/mol. The lowest BCUT2D eigenvalue weighted by Gasteiger charge is -2.16. The van der Waals surface area contributed by atoms with Gasteiger partial charge in [-0.05, 0) is 100 Å². The molecule has 0 fully saturated rings. The number of hydrogen-bond donors (Lipinski definition) is 0. The first-order valence-electron chi connectivity index (χ1n) is 16.1. The second-order valence-electron chi connectivity index (χ2n) is 11.6. The molecule has 0 aliphatic carbocycles. The SMILES string of the molecule is CCCCCCCCN1Cc2c(-c3cc(CCCCCCBr)c(Br)s3)sc(-c3cc(CCCCCCBr)c(Br)s3)c2C1=O. The van der Waals surface area contributed by atoms with Crippen LogP contribution in [0, 0.1) is 0 Å². The summed E-state index contributed by atoms with van der Waals surface area (Å²) >= 11 is 20.4. The maximum atomic E-state index is 14.0. The highest BCUT2D eigenvalue weighted by atomic mass is 79.9. The van der Waals surface area contributed by atoms with Gasteiger partial charge in [-0.1, -0.05) is 96.6 Å². The van der Waals surface area contributed by atoms with Gasteiger partial charge in [-0.2, -0.15) is 0 Å². The third kappa shape index (κ3) is 10.2. The van der Waals surface area contributed by atoms with E-state index in [-0.39, 0.29) is 5.91 Å². The summed E-state index contributed by atoms with van der Waals surface area (Å²) in [5.74, 6) is 0.240. The van der Waals surface area contributed by atoms with Gasteiger partial charge in [-0.25, -0.2) is 0 Å².